The van der Waals surface area contributed by atoms with Crippen LogP contribution in [-0.4, -0.2) is 0 Å². The van der Waals surface area contributed by atoms with Crippen LogP contribution in [0.2, 0.25) is 0 Å². The Balaban J connectivity index is 1.18. The zero-order valence-electron chi connectivity index (χ0n) is 20.1. The first-order chi connectivity index (χ1) is 19.0. The molecule has 2 aromatic carbocycles. The van der Waals surface area contributed by atoms with Gasteiger partial charge in [-0.2, -0.15) is 26.3 Å². The molecule has 0 unspecified atom stereocenters. The number of halogens is 6. The highest BCUT2D eigenvalue weighted by Crippen LogP contribution is 2.45. The first-order valence-corrected chi connectivity index (χ1v) is 15.1. The molecule has 0 amide bonds. The first kappa shape index (κ1) is 27.0. The summed E-state index contributed by atoms with van der Waals surface area (Å²) in [7, 11) is 0. The molecule has 0 bridgehead atoms. The summed E-state index contributed by atoms with van der Waals surface area (Å²) in [6.07, 6.45) is -8.71. The summed E-state index contributed by atoms with van der Waals surface area (Å²) >= 11 is 6.38. The van der Waals surface area contributed by atoms with Gasteiger partial charge in [-0.3, -0.25) is 0 Å². The van der Waals surface area contributed by atoms with Gasteiger partial charge in [0.15, 0.2) is 0 Å². The van der Waals surface area contributed by atoms with Gasteiger partial charge in [0, 0.05) is 39.0 Å². The molecule has 0 saturated carbocycles. The molecule has 0 nitrogen and oxygen atoms in total. The number of benzene rings is 2. The van der Waals surface area contributed by atoms with Crippen LogP contribution in [0.3, 0.4) is 0 Å². The second-order valence-corrected chi connectivity index (χ2v) is 13.1. The predicted octanol–water partition coefficient (Wildman–Crippen LogP) is 12.3. The molecule has 10 heteroatoms. The summed E-state index contributed by atoms with van der Waals surface area (Å²) in [6.45, 7) is 0. The van der Waals surface area contributed by atoms with Crippen LogP contribution in [0.25, 0.3) is 50.1 Å². The molecule has 0 aliphatic heterocycles. The van der Waals surface area contributed by atoms with Gasteiger partial charge in [-0.05, 0) is 83.9 Å². The molecular formula is C30H16F6S4. The molecule has 4 aromatic heterocycles. The van der Waals surface area contributed by atoms with Crippen molar-refractivity contribution in [3.63, 3.8) is 0 Å². The van der Waals surface area contributed by atoms with Crippen molar-refractivity contribution in [2.24, 2.45) is 0 Å². The fourth-order valence-electron chi connectivity index (χ4n) is 4.10. The molecule has 0 fully saturated rings. The van der Waals surface area contributed by atoms with E-state index in [-0.39, 0.29) is 0 Å². The molecule has 0 N–H and O–H groups in total. The van der Waals surface area contributed by atoms with E-state index in [1.165, 1.54) is 46.9 Å². The largest absolute Gasteiger partial charge is 0.416 e. The van der Waals surface area contributed by atoms with E-state index in [2.05, 4.69) is 24.3 Å². The third kappa shape index (κ3) is 5.54. The maximum atomic E-state index is 12.9. The SMILES string of the molecule is FC(F)(F)c1ccc(-c2ccc(-c3ccc(-c4ccc(-c5ccc(-c6ccc(C(F)(F)F)cc6)s5)s4)s3)s2)cc1. The summed E-state index contributed by atoms with van der Waals surface area (Å²) in [6, 6.07) is 26.5. The summed E-state index contributed by atoms with van der Waals surface area (Å²) < 4.78 is 77.3. The van der Waals surface area contributed by atoms with Gasteiger partial charge in [0.1, 0.15) is 0 Å². The quantitative estimate of drug-likeness (QED) is 0.169. The van der Waals surface area contributed by atoms with Crippen LogP contribution in [0.1, 0.15) is 11.1 Å². The van der Waals surface area contributed by atoms with Gasteiger partial charge < -0.3 is 0 Å². The lowest BCUT2D eigenvalue weighted by atomic mass is 10.1. The van der Waals surface area contributed by atoms with Crippen LogP contribution < -0.4 is 0 Å². The molecule has 40 heavy (non-hydrogen) atoms. The zero-order chi connectivity index (χ0) is 28.1. The highest BCUT2D eigenvalue weighted by molar-refractivity contribution is 7.29. The van der Waals surface area contributed by atoms with Crippen LogP contribution in [0, 0.1) is 0 Å². The number of rotatable bonds is 5. The van der Waals surface area contributed by atoms with E-state index in [9.17, 15) is 26.3 Å². The van der Waals surface area contributed by atoms with E-state index in [1.54, 1.807) is 22.7 Å². The molecule has 0 aliphatic rings. The third-order valence-electron chi connectivity index (χ3n) is 6.15. The molecule has 0 aliphatic carbocycles. The molecule has 6 rings (SSSR count). The van der Waals surface area contributed by atoms with Crippen LogP contribution in [0.5, 0.6) is 0 Å². The van der Waals surface area contributed by atoms with E-state index in [1.807, 2.05) is 24.3 Å². The lowest BCUT2D eigenvalue weighted by Gasteiger charge is -2.06. The third-order valence-corrected chi connectivity index (χ3v) is 11.2. The van der Waals surface area contributed by atoms with Crippen molar-refractivity contribution in [3.8, 4) is 50.1 Å². The Morgan fingerprint density at radius 1 is 0.300 bits per heavy atom. The lowest BCUT2D eigenvalue weighted by Crippen LogP contribution is -2.03. The molecule has 0 atom stereocenters. The normalized spacial score (nSPS) is 12.2. The van der Waals surface area contributed by atoms with Gasteiger partial charge >= 0.3 is 12.4 Å². The van der Waals surface area contributed by atoms with Gasteiger partial charge in [-0.1, -0.05) is 24.3 Å². The molecular weight excluding hydrogens is 603 g/mol. The number of hydrogen-bond donors (Lipinski definition) is 0. The summed E-state index contributed by atoms with van der Waals surface area (Å²) in [5.74, 6) is 0. The summed E-state index contributed by atoms with van der Waals surface area (Å²) in [5, 5.41) is 0. The Hall–Kier alpha value is -3.18. The fraction of sp³-hybridized carbons (Fsp3) is 0.0667. The van der Waals surface area contributed by atoms with Crippen LogP contribution >= 0.6 is 45.3 Å². The Bertz CT molecular complexity index is 1630. The number of thiophene rings is 4. The van der Waals surface area contributed by atoms with Crippen molar-refractivity contribution < 1.29 is 26.3 Å². The highest BCUT2D eigenvalue weighted by Gasteiger charge is 2.30. The molecule has 0 radical (unpaired) electrons. The van der Waals surface area contributed by atoms with Crippen molar-refractivity contribution in [2.45, 2.75) is 12.4 Å². The second-order valence-electron chi connectivity index (χ2n) is 8.81. The minimum absolute atomic E-state index is 0.662. The van der Waals surface area contributed by atoms with E-state index in [0.29, 0.717) is 0 Å². The van der Waals surface area contributed by atoms with Crippen molar-refractivity contribution in [1.29, 1.82) is 0 Å². The Morgan fingerprint density at radius 2 is 0.525 bits per heavy atom. The summed E-state index contributed by atoms with van der Waals surface area (Å²) in [4.78, 5) is 8.26. The highest BCUT2D eigenvalue weighted by atomic mass is 32.1. The molecule has 0 spiro atoms. The van der Waals surface area contributed by atoms with Gasteiger partial charge in [0.2, 0.25) is 0 Å². The monoisotopic (exact) mass is 618 g/mol. The molecule has 6 aromatic rings. The summed E-state index contributed by atoms with van der Waals surface area (Å²) in [5.41, 5.74) is 0.167. The van der Waals surface area contributed by atoms with Gasteiger partial charge in [-0.25, -0.2) is 0 Å². The van der Waals surface area contributed by atoms with Crippen LogP contribution in [-0.2, 0) is 12.4 Å². The average Bonchev–Trinajstić information content (AvgIpc) is 3.73. The van der Waals surface area contributed by atoms with Crippen molar-refractivity contribution in [3.05, 3.63) is 108 Å². The molecule has 0 saturated heterocycles. The van der Waals surface area contributed by atoms with Crippen molar-refractivity contribution in [1.82, 2.24) is 0 Å². The Labute approximate surface area is 241 Å². The van der Waals surface area contributed by atoms with Crippen molar-refractivity contribution in [2.75, 3.05) is 0 Å². The van der Waals surface area contributed by atoms with E-state index < -0.39 is 23.5 Å². The van der Waals surface area contributed by atoms with Crippen LogP contribution in [0.4, 0.5) is 26.3 Å². The fourth-order valence-corrected chi connectivity index (χ4v) is 8.41. The molecule has 202 valence electrons. The minimum Gasteiger partial charge on any atom is -0.166 e. The Morgan fingerprint density at radius 3 is 0.775 bits per heavy atom. The lowest BCUT2D eigenvalue weighted by molar-refractivity contribution is -0.138. The minimum atomic E-state index is -4.36. The van der Waals surface area contributed by atoms with Crippen LogP contribution in [0.15, 0.2) is 97.1 Å². The molecule has 4 heterocycles. The number of hydrogen-bond acceptors (Lipinski definition) is 4. The van der Waals surface area contributed by atoms with Gasteiger partial charge in [-0.15, -0.1) is 45.3 Å². The Kier molecular flexibility index (Phi) is 6.98. The van der Waals surface area contributed by atoms with E-state index >= 15 is 0 Å². The van der Waals surface area contributed by atoms with Crippen molar-refractivity contribution >= 4 is 45.3 Å². The second kappa shape index (κ2) is 10.3. The van der Waals surface area contributed by atoms with Gasteiger partial charge in [0.25, 0.3) is 0 Å². The van der Waals surface area contributed by atoms with Gasteiger partial charge in [0.05, 0.1) is 11.1 Å². The average molecular weight is 619 g/mol. The van der Waals surface area contributed by atoms with E-state index in [0.717, 1.165) is 74.4 Å². The first-order valence-electron chi connectivity index (χ1n) is 11.8. The van der Waals surface area contributed by atoms with E-state index in [4.69, 9.17) is 0 Å². The number of alkyl halides is 6. The smallest absolute Gasteiger partial charge is 0.166 e. The zero-order valence-corrected chi connectivity index (χ0v) is 23.4. The maximum absolute atomic E-state index is 12.9. The maximum Gasteiger partial charge on any atom is 0.416 e. The predicted molar refractivity (Wildman–Crippen MR) is 155 cm³/mol. The topological polar surface area (TPSA) is 0 Å². The standard InChI is InChI=1S/C30H16F6S4/c31-29(32,33)19-5-1-17(2-6-19)21-9-11-23(37-21)25-13-15-27(39-25)28-16-14-26(40-28)24-12-10-22(38-24)18-3-7-20(8-4-18)30(34,35)36/h1-16H.